The lowest BCUT2D eigenvalue weighted by Gasteiger charge is -2.04. The van der Waals surface area contributed by atoms with Crippen molar-refractivity contribution in [2.24, 2.45) is 5.73 Å². The maximum Gasteiger partial charge on any atom is 0.110 e. The molecule has 80 valence electrons. The summed E-state index contributed by atoms with van der Waals surface area (Å²) < 4.78 is 5.48. The van der Waals surface area contributed by atoms with E-state index in [1.54, 1.807) is 0 Å². The first kappa shape index (κ1) is 11.4. The van der Waals surface area contributed by atoms with Gasteiger partial charge in [0.25, 0.3) is 0 Å². The molecule has 0 aliphatic heterocycles. The van der Waals surface area contributed by atoms with Gasteiger partial charge < -0.3 is 10.2 Å². The fraction of sp³-hybridized carbons (Fsp3) is 0.417. The Balaban J connectivity index is 3.41. The third kappa shape index (κ3) is 1.89. The van der Waals surface area contributed by atoms with E-state index in [-0.39, 0.29) is 0 Å². The summed E-state index contributed by atoms with van der Waals surface area (Å²) in [6.45, 7) is 7.64. The van der Waals surface area contributed by atoms with Gasteiger partial charge in [0.15, 0.2) is 0 Å². The Morgan fingerprint density at radius 3 is 2.27 bits per heavy atom. The summed E-state index contributed by atoms with van der Waals surface area (Å²) in [6, 6.07) is 2.13. The van der Waals surface area contributed by atoms with Gasteiger partial charge >= 0.3 is 0 Å². The predicted octanol–water partition coefficient (Wildman–Crippen LogP) is 2.81. The molecule has 0 amide bonds. The average molecular weight is 204 g/mol. The van der Waals surface area contributed by atoms with Crippen LogP contribution >= 0.6 is 0 Å². The molecule has 3 heteroatoms. The Morgan fingerprint density at radius 2 is 1.93 bits per heavy atom. The van der Waals surface area contributed by atoms with Crippen LogP contribution in [0.25, 0.3) is 5.70 Å². The molecule has 0 radical (unpaired) electrons. The van der Waals surface area contributed by atoms with Crippen LogP contribution in [0.3, 0.4) is 0 Å². The molecule has 0 saturated carbocycles. The first-order chi connectivity index (χ1) is 7.02. The first-order valence-corrected chi connectivity index (χ1v) is 4.98. The molecule has 1 heterocycles. The van der Waals surface area contributed by atoms with Gasteiger partial charge in [-0.3, -0.25) is 0 Å². The summed E-state index contributed by atoms with van der Waals surface area (Å²) in [7, 11) is 0. The van der Waals surface area contributed by atoms with Crippen LogP contribution in [0.15, 0.2) is 9.99 Å². The molecule has 0 saturated heterocycles. The van der Waals surface area contributed by atoms with Gasteiger partial charge in [0.1, 0.15) is 11.5 Å². The molecule has 15 heavy (non-hydrogen) atoms. The molecule has 3 nitrogen and oxygen atoms in total. The lowest BCUT2D eigenvalue weighted by molar-refractivity contribution is 0.502. The number of nitrogens with zero attached hydrogens (tertiary/aromatic N) is 1. The number of aryl methyl sites for hydroxylation is 2. The third-order valence-electron chi connectivity index (χ3n) is 2.64. The van der Waals surface area contributed by atoms with Crippen molar-refractivity contribution in [2.45, 2.75) is 34.1 Å². The second-order valence-electron chi connectivity index (χ2n) is 3.57. The molecule has 0 bridgehead atoms. The van der Waals surface area contributed by atoms with Crippen molar-refractivity contribution in [3.05, 3.63) is 28.2 Å². The smallest absolute Gasteiger partial charge is 0.110 e. The molecule has 0 aliphatic carbocycles. The van der Waals surface area contributed by atoms with Crippen LogP contribution in [-0.2, 0) is 0 Å². The highest BCUT2D eigenvalue weighted by molar-refractivity contribution is 5.72. The zero-order valence-electron chi connectivity index (χ0n) is 9.64. The predicted molar refractivity (Wildman–Crippen MR) is 59.9 cm³/mol. The van der Waals surface area contributed by atoms with E-state index in [0.29, 0.717) is 17.7 Å². The molecule has 0 atom stereocenters. The van der Waals surface area contributed by atoms with Crippen LogP contribution in [0, 0.1) is 32.1 Å². The molecule has 0 aromatic carbocycles. The minimum absolute atomic E-state index is 0.548. The number of nitrogens with two attached hydrogens (primary N) is 1. The van der Waals surface area contributed by atoms with Gasteiger partial charge in [0.2, 0.25) is 0 Å². The van der Waals surface area contributed by atoms with Crippen LogP contribution in [0.4, 0.5) is 0 Å². The fourth-order valence-electron chi connectivity index (χ4n) is 1.67. The molecule has 0 spiro atoms. The number of rotatable bonds is 2. The number of nitriles is 1. The normalized spacial score (nSPS) is 12.2. The van der Waals surface area contributed by atoms with Crippen molar-refractivity contribution in [3.63, 3.8) is 0 Å². The average Bonchev–Trinajstić information content (AvgIpc) is 2.43. The topological polar surface area (TPSA) is 63.0 Å². The van der Waals surface area contributed by atoms with E-state index in [4.69, 9.17) is 15.4 Å². The van der Waals surface area contributed by atoms with Gasteiger partial charge in [0.05, 0.1) is 17.3 Å². The summed E-state index contributed by atoms with van der Waals surface area (Å²) in [5.74, 6) is 1.64. The minimum Gasteiger partial charge on any atom is -0.466 e. The van der Waals surface area contributed by atoms with Crippen LogP contribution in [-0.4, -0.2) is 0 Å². The van der Waals surface area contributed by atoms with E-state index in [1.165, 1.54) is 0 Å². The van der Waals surface area contributed by atoms with Crippen LogP contribution < -0.4 is 5.73 Å². The Kier molecular flexibility index (Phi) is 3.21. The first-order valence-electron chi connectivity index (χ1n) is 4.98. The summed E-state index contributed by atoms with van der Waals surface area (Å²) in [5, 5.41) is 8.93. The Morgan fingerprint density at radius 1 is 1.33 bits per heavy atom. The monoisotopic (exact) mass is 204 g/mol. The molecule has 0 aliphatic rings. The maximum absolute atomic E-state index is 8.93. The van der Waals surface area contributed by atoms with E-state index in [2.05, 4.69) is 6.07 Å². The maximum atomic E-state index is 8.93. The highest BCUT2D eigenvalue weighted by Crippen LogP contribution is 2.27. The van der Waals surface area contributed by atoms with Crippen molar-refractivity contribution >= 4 is 5.70 Å². The van der Waals surface area contributed by atoms with Crippen molar-refractivity contribution in [2.75, 3.05) is 0 Å². The summed E-state index contributed by atoms with van der Waals surface area (Å²) in [6.07, 6.45) is 0.644. The fourth-order valence-corrected chi connectivity index (χ4v) is 1.67. The Bertz CT molecular complexity index is 447. The zero-order chi connectivity index (χ0) is 11.6. The summed E-state index contributed by atoms with van der Waals surface area (Å²) in [4.78, 5) is 0. The highest BCUT2D eigenvalue weighted by Gasteiger charge is 2.15. The molecule has 0 fully saturated rings. The second-order valence-corrected chi connectivity index (χ2v) is 3.57. The molecule has 2 N–H and O–H groups in total. The number of hydrogen-bond donors (Lipinski definition) is 1. The van der Waals surface area contributed by atoms with Crippen LogP contribution in [0.1, 0.15) is 36.0 Å². The van der Waals surface area contributed by atoms with Gasteiger partial charge in [-0.15, -0.1) is 0 Å². The second kappa shape index (κ2) is 4.22. The van der Waals surface area contributed by atoms with E-state index >= 15 is 0 Å². The minimum atomic E-state index is 0.548. The van der Waals surface area contributed by atoms with E-state index in [0.717, 1.165) is 22.6 Å². The largest absolute Gasteiger partial charge is 0.466 e. The van der Waals surface area contributed by atoms with Crippen LogP contribution in [0.5, 0.6) is 0 Å². The van der Waals surface area contributed by atoms with Gasteiger partial charge in [-0.05, 0) is 32.8 Å². The van der Waals surface area contributed by atoms with Gasteiger partial charge in [-0.25, -0.2) is 0 Å². The van der Waals surface area contributed by atoms with Crippen molar-refractivity contribution < 1.29 is 4.42 Å². The molecular formula is C12H16N2O. The molecule has 0 unspecified atom stereocenters. The lowest BCUT2D eigenvalue weighted by atomic mass is 10.0. The van der Waals surface area contributed by atoms with Gasteiger partial charge in [0, 0.05) is 5.56 Å². The lowest BCUT2D eigenvalue weighted by Crippen LogP contribution is -2.02. The van der Waals surface area contributed by atoms with E-state index in [1.807, 2.05) is 27.7 Å². The van der Waals surface area contributed by atoms with Crippen molar-refractivity contribution in [1.82, 2.24) is 0 Å². The van der Waals surface area contributed by atoms with E-state index in [9.17, 15) is 0 Å². The third-order valence-corrected chi connectivity index (χ3v) is 2.64. The van der Waals surface area contributed by atoms with Crippen LogP contribution in [0.2, 0.25) is 0 Å². The standard InChI is InChI=1S/C12H16N2O/c1-5-10(6-13)12(14)11-7(2)8(3)15-9(11)4/h5,14H2,1-4H3. The molecular weight excluding hydrogens is 188 g/mol. The number of furan rings is 1. The van der Waals surface area contributed by atoms with Crippen molar-refractivity contribution in [1.29, 1.82) is 5.26 Å². The SMILES string of the molecule is CCC(C#N)=C(N)c1c(C)oc(C)c1C. The highest BCUT2D eigenvalue weighted by atomic mass is 16.3. The Hall–Kier alpha value is -1.69. The van der Waals surface area contributed by atoms with Gasteiger partial charge in [-0.2, -0.15) is 5.26 Å². The Labute approximate surface area is 90.2 Å². The van der Waals surface area contributed by atoms with E-state index < -0.39 is 0 Å². The molecule has 1 rings (SSSR count). The zero-order valence-corrected chi connectivity index (χ0v) is 9.64. The molecule has 1 aromatic heterocycles. The molecule has 1 aromatic rings. The summed E-state index contributed by atoms with van der Waals surface area (Å²) >= 11 is 0. The van der Waals surface area contributed by atoms with Crippen molar-refractivity contribution in [3.8, 4) is 6.07 Å². The quantitative estimate of drug-likeness (QED) is 0.753. The number of allylic oxidation sites excluding steroid dienone is 1. The van der Waals surface area contributed by atoms with Gasteiger partial charge in [-0.1, -0.05) is 6.92 Å². The number of hydrogen-bond acceptors (Lipinski definition) is 3. The summed E-state index contributed by atoms with van der Waals surface area (Å²) in [5.41, 5.74) is 9.03.